The average Bonchev–Trinajstić information content (AvgIpc) is 3.18. The normalized spacial score (nSPS) is 24.9. The molecule has 2 atom stereocenters. The molecule has 1 aromatic carbocycles. The molecule has 2 saturated heterocycles. The quantitative estimate of drug-likeness (QED) is 0.872. The number of hydrogen-bond acceptors (Lipinski definition) is 4. The number of para-hydroxylation sites is 1. The van der Waals surface area contributed by atoms with Crippen molar-refractivity contribution in [2.75, 3.05) is 24.5 Å². The highest BCUT2D eigenvalue weighted by Crippen LogP contribution is 2.35. The molecule has 4 rings (SSSR count). The average molecular weight is 297 g/mol. The molecule has 0 spiro atoms. The molecule has 2 aliphatic rings. The molecule has 0 radical (unpaired) electrons. The molecule has 2 aromatic rings. The number of fused-ring (bicyclic) bond motifs is 1. The van der Waals surface area contributed by atoms with Gasteiger partial charge in [0.15, 0.2) is 0 Å². The number of hydrogen-bond donors (Lipinski definition) is 0. The van der Waals surface area contributed by atoms with Crippen molar-refractivity contribution in [1.29, 1.82) is 0 Å². The number of anilines is 1. The third-order valence-electron chi connectivity index (χ3n) is 5.27. The van der Waals surface area contributed by atoms with Crippen molar-refractivity contribution in [2.24, 2.45) is 5.92 Å². The number of nitrogens with zero attached hydrogens (tertiary/aromatic N) is 3. The van der Waals surface area contributed by atoms with Crippen LogP contribution in [0.1, 0.15) is 23.4 Å². The van der Waals surface area contributed by atoms with Gasteiger partial charge in [-0.15, -0.1) is 0 Å². The molecule has 0 bridgehead atoms. The van der Waals surface area contributed by atoms with Crippen LogP contribution in [-0.4, -0.2) is 35.7 Å². The molecule has 2 fully saturated rings. The van der Waals surface area contributed by atoms with Gasteiger partial charge in [0.25, 0.3) is 0 Å². The third-order valence-corrected chi connectivity index (χ3v) is 5.27. The van der Waals surface area contributed by atoms with Crippen molar-refractivity contribution in [2.45, 2.75) is 32.9 Å². The van der Waals surface area contributed by atoms with E-state index >= 15 is 0 Å². The molecule has 116 valence electrons. The monoisotopic (exact) mass is 297 g/mol. The molecule has 2 unspecified atom stereocenters. The van der Waals surface area contributed by atoms with Gasteiger partial charge >= 0.3 is 0 Å². The van der Waals surface area contributed by atoms with Crippen LogP contribution in [0.5, 0.6) is 0 Å². The van der Waals surface area contributed by atoms with Gasteiger partial charge in [0.1, 0.15) is 5.76 Å². The van der Waals surface area contributed by atoms with Crippen LogP contribution < -0.4 is 4.90 Å². The highest BCUT2D eigenvalue weighted by molar-refractivity contribution is 5.49. The number of aromatic nitrogens is 1. The van der Waals surface area contributed by atoms with E-state index in [9.17, 15) is 0 Å². The van der Waals surface area contributed by atoms with Crippen LogP contribution in [0, 0.1) is 19.8 Å². The second-order valence-corrected chi connectivity index (χ2v) is 6.64. The standard InChI is InChI=1S/C18H23N3O/c1-13-17(14(2)22-19-13)11-20-10-15-8-9-21(18(15)12-20)16-6-4-3-5-7-16/h3-7,15,18H,8-12H2,1-2H3. The summed E-state index contributed by atoms with van der Waals surface area (Å²) in [4.78, 5) is 5.16. The first-order valence-corrected chi connectivity index (χ1v) is 8.18. The van der Waals surface area contributed by atoms with Gasteiger partial charge in [-0.25, -0.2) is 0 Å². The van der Waals surface area contributed by atoms with Gasteiger partial charge in [0.2, 0.25) is 0 Å². The Bertz CT molecular complexity index is 632. The molecule has 22 heavy (non-hydrogen) atoms. The Balaban J connectivity index is 1.48. The van der Waals surface area contributed by atoms with E-state index in [0.29, 0.717) is 6.04 Å². The summed E-state index contributed by atoms with van der Waals surface area (Å²) in [7, 11) is 0. The Labute approximate surface area is 131 Å². The van der Waals surface area contributed by atoms with Crippen LogP contribution in [0.15, 0.2) is 34.9 Å². The minimum Gasteiger partial charge on any atom is -0.367 e. The molecule has 0 N–H and O–H groups in total. The predicted octanol–water partition coefficient (Wildman–Crippen LogP) is 3.00. The zero-order valence-electron chi connectivity index (χ0n) is 13.3. The van der Waals surface area contributed by atoms with Gasteiger partial charge in [-0.3, -0.25) is 4.90 Å². The van der Waals surface area contributed by atoms with E-state index in [0.717, 1.165) is 30.5 Å². The SMILES string of the molecule is Cc1noc(C)c1CN1CC2CCN(c3ccccc3)C2C1. The van der Waals surface area contributed by atoms with Crippen LogP contribution in [0.4, 0.5) is 5.69 Å². The Kier molecular flexibility index (Phi) is 3.41. The second-order valence-electron chi connectivity index (χ2n) is 6.64. The molecule has 0 saturated carbocycles. The first kappa shape index (κ1) is 13.8. The second kappa shape index (κ2) is 5.43. The van der Waals surface area contributed by atoms with E-state index in [1.807, 2.05) is 13.8 Å². The predicted molar refractivity (Wildman–Crippen MR) is 86.9 cm³/mol. The summed E-state index contributed by atoms with van der Waals surface area (Å²) in [5.41, 5.74) is 3.68. The summed E-state index contributed by atoms with van der Waals surface area (Å²) in [6, 6.07) is 11.5. The van der Waals surface area contributed by atoms with Gasteiger partial charge < -0.3 is 9.42 Å². The molecule has 2 aliphatic heterocycles. The van der Waals surface area contributed by atoms with Crippen LogP contribution >= 0.6 is 0 Å². The van der Waals surface area contributed by atoms with Crippen LogP contribution in [0.2, 0.25) is 0 Å². The number of benzene rings is 1. The Morgan fingerprint density at radius 2 is 2.00 bits per heavy atom. The summed E-state index contributed by atoms with van der Waals surface area (Å²) < 4.78 is 5.30. The fraction of sp³-hybridized carbons (Fsp3) is 0.500. The minimum atomic E-state index is 0.655. The summed E-state index contributed by atoms with van der Waals surface area (Å²) in [5.74, 6) is 1.76. The molecule has 4 nitrogen and oxygen atoms in total. The van der Waals surface area contributed by atoms with Crippen molar-refractivity contribution in [3.63, 3.8) is 0 Å². The van der Waals surface area contributed by atoms with Crippen LogP contribution in [-0.2, 0) is 6.54 Å². The van der Waals surface area contributed by atoms with E-state index in [1.54, 1.807) is 0 Å². The van der Waals surface area contributed by atoms with E-state index in [4.69, 9.17) is 4.52 Å². The number of aryl methyl sites for hydroxylation is 2. The van der Waals surface area contributed by atoms with Crippen molar-refractivity contribution < 1.29 is 4.52 Å². The molecular weight excluding hydrogens is 274 g/mol. The zero-order valence-corrected chi connectivity index (χ0v) is 13.3. The summed E-state index contributed by atoms with van der Waals surface area (Å²) in [6.07, 6.45) is 1.30. The highest BCUT2D eigenvalue weighted by Gasteiger charge is 2.41. The fourth-order valence-corrected chi connectivity index (χ4v) is 4.07. The maximum Gasteiger partial charge on any atom is 0.138 e. The topological polar surface area (TPSA) is 32.5 Å². The largest absolute Gasteiger partial charge is 0.367 e. The Morgan fingerprint density at radius 1 is 1.18 bits per heavy atom. The van der Waals surface area contributed by atoms with E-state index < -0.39 is 0 Å². The van der Waals surface area contributed by atoms with Crippen molar-refractivity contribution in [1.82, 2.24) is 10.1 Å². The maximum atomic E-state index is 5.30. The zero-order chi connectivity index (χ0) is 15.1. The van der Waals surface area contributed by atoms with Crippen LogP contribution in [0.25, 0.3) is 0 Å². The first-order chi connectivity index (χ1) is 10.7. The summed E-state index contributed by atoms with van der Waals surface area (Å²) in [6.45, 7) is 8.55. The maximum absolute atomic E-state index is 5.30. The smallest absolute Gasteiger partial charge is 0.138 e. The summed E-state index contributed by atoms with van der Waals surface area (Å²) >= 11 is 0. The molecule has 4 heteroatoms. The number of likely N-dealkylation sites (tertiary alicyclic amines) is 1. The van der Waals surface area contributed by atoms with Gasteiger partial charge in [-0.05, 0) is 38.3 Å². The van der Waals surface area contributed by atoms with Gasteiger partial charge in [-0.1, -0.05) is 23.4 Å². The highest BCUT2D eigenvalue weighted by atomic mass is 16.5. The summed E-state index contributed by atoms with van der Waals surface area (Å²) in [5, 5.41) is 4.08. The minimum absolute atomic E-state index is 0.655. The third kappa shape index (κ3) is 2.31. The number of rotatable bonds is 3. The fourth-order valence-electron chi connectivity index (χ4n) is 4.07. The van der Waals surface area contributed by atoms with Gasteiger partial charge in [0.05, 0.1) is 5.69 Å². The Hall–Kier alpha value is -1.81. The lowest BCUT2D eigenvalue weighted by atomic mass is 10.1. The van der Waals surface area contributed by atoms with E-state index in [2.05, 4.69) is 45.3 Å². The van der Waals surface area contributed by atoms with Crippen molar-refractivity contribution in [3.05, 3.63) is 47.3 Å². The van der Waals surface area contributed by atoms with Crippen molar-refractivity contribution in [3.8, 4) is 0 Å². The Morgan fingerprint density at radius 3 is 2.73 bits per heavy atom. The van der Waals surface area contributed by atoms with Gasteiger partial charge in [0, 0.05) is 43.5 Å². The molecule has 3 heterocycles. The first-order valence-electron chi connectivity index (χ1n) is 8.18. The van der Waals surface area contributed by atoms with Gasteiger partial charge in [-0.2, -0.15) is 0 Å². The molecule has 0 aliphatic carbocycles. The lowest BCUT2D eigenvalue weighted by Gasteiger charge is -2.27. The van der Waals surface area contributed by atoms with Crippen LogP contribution in [0.3, 0.4) is 0 Å². The molecule has 0 amide bonds. The lowest BCUT2D eigenvalue weighted by Crippen LogP contribution is -2.35. The molecule has 1 aromatic heterocycles. The van der Waals surface area contributed by atoms with E-state index in [1.165, 1.54) is 30.8 Å². The lowest BCUT2D eigenvalue weighted by molar-refractivity contribution is 0.306. The van der Waals surface area contributed by atoms with Crippen molar-refractivity contribution >= 4 is 5.69 Å². The molecular formula is C18H23N3O. The van der Waals surface area contributed by atoms with E-state index in [-0.39, 0.29) is 0 Å².